The molecule has 0 unspecified atom stereocenters. The Kier molecular flexibility index (Phi) is 4.59. The van der Waals surface area contributed by atoms with Crippen molar-refractivity contribution < 1.29 is 0 Å². The fourth-order valence-electron chi connectivity index (χ4n) is 2.49. The van der Waals surface area contributed by atoms with Gasteiger partial charge in [0, 0.05) is 18.1 Å². The molecule has 0 atom stereocenters. The Labute approximate surface area is 134 Å². The van der Waals surface area contributed by atoms with Crippen molar-refractivity contribution in [3.63, 3.8) is 0 Å². The molecule has 112 valence electrons. The number of para-hydroxylation sites is 2. The van der Waals surface area contributed by atoms with Crippen LogP contribution in [0.1, 0.15) is 18.2 Å². The van der Waals surface area contributed by atoms with E-state index < -0.39 is 0 Å². The van der Waals surface area contributed by atoms with Gasteiger partial charge < -0.3 is 4.57 Å². The predicted molar refractivity (Wildman–Crippen MR) is 93.1 cm³/mol. The van der Waals surface area contributed by atoms with Gasteiger partial charge in [0.25, 0.3) is 5.56 Å². The van der Waals surface area contributed by atoms with Gasteiger partial charge in [0.05, 0.1) is 11.0 Å². The van der Waals surface area contributed by atoms with Crippen LogP contribution in [0.3, 0.4) is 0 Å². The maximum absolute atomic E-state index is 12.5. The maximum atomic E-state index is 12.5. The number of nitrogens with zero attached hydrogens (tertiary/aromatic N) is 2. The average molecular weight is 310 g/mol. The lowest BCUT2D eigenvalue weighted by Gasteiger charge is -2.10. The molecule has 1 heterocycles. The number of thioether (sulfide) groups is 1. The van der Waals surface area contributed by atoms with Crippen LogP contribution in [-0.2, 0) is 18.1 Å². The number of hydrogen-bond acceptors (Lipinski definition) is 3. The fourth-order valence-corrected chi connectivity index (χ4v) is 3.40. The van der Waals surface area contributed by atoms with Crippen LogP contribution in [-0.4, -0.2) is 9.55 Å². The lowest BCUT2D eigenvalue weighted by atomic mass is 10.2. The molecule has 0 radical (unpaired) electrons. The standard InChI is InChI=1S/C18H18N2OS/c1-2-20-17-11-7-6-10-15(17)19-16(18(20)21)13-22-12-14-8-4-3-5-9-14/h3-11H,2,12-13H2,1H3. The third-order valence-electron chi connectivity index (χ3n) is 3.59. The highest BCUT2D eigenvalue weighted by Gasteiger charge is 2.09. The molecule has 0 spiro atoms. The summed E-state index contributed by atoms with van der Waals surface area (Å²) in [7, 11) is 0. The Morgan fingerprint density at radius 1 is 1.00 bits per heavy atom. The first-order valence-corrected chi connectivity index (χ1v) is 8.55. The summed E-state index contributed by atoms with van der Waals surface area (Å²) >= 11 is 1.73. The zero-order valence-electron chi connectivity index (χ0n) is 12.5. The molecule has 0 saturated carbocycles. The molecule has 1 aromatic heterocycles. The first kappa shape index (κ1) is 14.9. The summed E-state index contributed by atoms with van der Waals surface area (Å²) in [5.74, 6) is 1.53. The van der Waals surface area contributed by atoms with Crippen LogP contribution < -0.4 is 5.56 Å². The third-order valence-corrected chi connectivity index (χ3v) is 4.60. The quantitative estimate of drug-likeness (QED) is 0.718. The van der Waals surface area contributed by atoms with E-state index in [-0.39, 0.29) is 5.56 Å². The first-order chi connectivity index (χ1) is 10.8. The Morgan fingerprint density at radius 3 is 2.50 bits per heavy atom. The Hall–Kier alpha value is -2.07. The Balaban J connectivity index is 1.84. The summed E-state index contributed by atoms with van der Waals surface area (Å²) in [6.07, 6.45) is 0. The van der Waals surface area contributed by atoms with Crippen LogP contribution in [0.15, 0.2) is 59.4 Å². The van der Waals surface area contributed by atoms with E-state index in [2.05, 4.69) is 17.1 Å². The van der Waals surface area contributed by atoms with Gasteiger partial charge in [-0.3, -0.25) is 4.79 Å². The number of benzene rings is 2. The zero-order valence-corrected chi connectivity index (χ0v) is 13.3. The monoisotopic (exact) mass is 310 g/mol. The van der Waals surface area contributed by atoms with Gasteiger partial charge >= 0.3 is 0 Å². The van der Waals surface area contributed by atoms with Crippen LogP contribution in [0, 0.1) is 0 Å². The second-order valence-electron chi connectivity index (χ2n) is 5.08. The van der Waals surface area contributed by atoms with Crippen molar-refractivity contribution in [2.45, 2.75) is 25.0 Å². The fraction of sp³-hybridized carbons (Fsp3) is 0.222. The molecule has 0 fully saturated rings. The number of fused-ring (bicyclic) bond motifs is 1. The van der Waals surface area contributed by atoms with Crippen molar-refractivity contribution in [2.24, 2.45) is 0 Å². The molecule has 0 N–H and O–H groups in total. The summed E-state index contributed by atoms with van der Waals surface area (Å²) in [5, 5.41) is 0. The van der Waals surface area contributed by atoms with Gasteiger partial charge in [0.2, 0.25) is 0 Å². The van der Waals surface area contributed by atoms with E-state index in [1.807, 2.05) is 49.4 Å². The SMILES string of the molecule is CCn1c(=O)c(CSCc2ccccc2)nc2ccccc21. The second kappa shape index (κ2) is 6.79. The lowest BCUT2D eigenvalue weighted by Crippen LogP contribution is -2.24. The van der Waals surface area contributed by atoms with E-state index in [1.165, 1.54) is 5.56 Å². The molecule has 2 aromatic carbocycles. The van der Waals surface area contributed by atoms with E-state index in [0.717, 1.165) is 16.8 Å². The summed E-state index contributed by atoms with van der Waals surface area (Å²) in [5.41, 5.74) is 3.73. The average Bonchev–Trinajstić information content (AvgIpc) is 2.56. The molecular formula is C18H18N2OS. The number of hydrogen-bond donors (Lipinski definition) is 0. The van der Waals surface area contributed by atoms with Gasteiger partial charge in [0.15, 0.2) is 0 Å². The molecule has 0 aliphatic heterocycles. The van der Waals surface area contributed by atoms with Gasteiger partial charge in [-0.1, -0.05) is 42.5 Å². The van der Waals surface area contributed by atoms with Crippen LogP contribution in [0.2, 0.25) is 0 Å². The highest BCUT2D eigenvalue weighted by Crippen LogP contribution is 2.17. The number of aryl methyl sites for hydroxylation is 1. The van der Waals surface area contributed by atoms with Gasteiger partial charge in [-0.15, -0.1) is 0 Å². The summed E-state index contributed by atoms with van der Waals surface area (Å²) < 4.78 is 1.81. The first-order valence-electron chi connectivity index (χ1n) is 7.39. The predicted octanol–water partition coefficient (Wildman–Crippen LogP) is 3.85. The van der Waals surface area contributed by atoms with Crippen LogP contribution in [0.25, 0.3) is 11.0 Å². The molecule has 0 bridgehead atoms. The van der Waals surface area contributed by atoms with Crippen molar-refractivity contribution in [3.8, 4) is 0 Å². The minimum atomic E-state index is 0.0294. The van der Waals surface area contributed by atoms with Gasteiger partial charge in [-0.2, -0.15) is 11.8 Å². The molecule has 4 heteroatoms. The highest BCUT2D eigenvalue weighted by atomic mass is 32.2. The van der Waals surface area contributed by atoms with Gasteiger partial charge in [-0.05, 0) is 24.6 Å². The van der Waals surface area contributed by atoms with Gasteiger partial charge in [0.1, 0.15) is 5.69 Å². The van der Waals surface area contributed by atoms with E-state index in [9.17, 15) is 4.79 Å². The number of rotatable bonds is 5. The van der Waals surface area contributed by atoms with E-state index in [4.69, 9.17) is 0 Å². The second-order valence-corrected chi connectivity index (χ2v) is 6.06. The van der Waals surface area contributed by atoms with Crippen molar-refractivity contribution in [1.29, 1.82) is 0 Å². The van der Waals surface area contributed by atoms with Crippen LogP contribution in [0.4, 0.5) is 0 Å². The zero-order chi connectivity index (χ0) is 15.4. The summed E-state index contributed by atoms with van der Waals surface area (Å²) in [6, 6.07) is 18.1. The van der Waals surface area contributed by atoms with Crippen molar-refractivity contribution in [1.82, 2.24) is 9.55 Å². The summed E-state index contributed by atoms with van der Waals surface area (Å²) in [6.45, 7) is 2.66. The smallest absolute Gasteiger partial charge is 0.273 e. The topological polar surface area (TPSA) is 34.9 Å². The van der Waals surface area contributed by atoms with Gasteiger partial charge in [-0.25, -0.2) is 4.98 Å². The number of aromatic nitrogens is 2. The highest BCUT2D eigenvalue weighted by molar-refractivity contribution is 7.97. The summed E-state index contributed by atoms with van der Waals surface area (Å²) in [4.78, 5) is 17.1. The Morgan fingerprint density at radius 2 is 1.73 bits per heavy atom. The molecular weight excluding hydrogens is 292 g/mol. The van der Waals surface area contributed by atoms with Crippen LogP contribution in [0.5, 0.6) is 0 Å². The maximum Gasteiger partial charge on any atom is 0.273 e. The van der Waals surface area contributed by atoms with Crippen molar-refractivity contribution in [3.05, 3.63) is 76.2 Å². The minimum Gasteiger partial charge on any atom is -0.305 e. The molecule has 3 aromatic rings. The van der Waals surface area contributed by atoms with Crippen molar-refractivity contribution in [2.75, 3.05) is 0 Å². The Bertz CT molecular complexity index is 827. The molecule has 3 rings (SSSR count). The van der Waals surface area contributed by atoms with E-state index in [0.29, 0.717) is 18.0 Å². The molecule has 0 aliphatic rings. The molecule has 0 amide bonds. The third kappa shape index (κ3) is 3.07. The van der Waals surface area contributed by atoms with E-state index >= 15 is 0 Å². The minimum absolute atomic E-state index is 0.0294. The molecule has 3 nitrogen and oxygen atoms in total. The molecule has 0 aliphatic carbocycles. The normalized spacial score (nSPS) is 11.0. The van der Waals surface area contributed by atoms with Crippen molar-refractivity contribution >= 4 is 22.8 Å². The largest absolute Gasteiger partial charge is 0.305 e. The molecule has 0 saturated heterocycles. The molecule has 22 heavy (non-hydrogen) atoms. The van der Waals surface area contributed by atoms with E-state index in [1.54, 1.807) is 16.3 Å². The van der Waals surface area contributed by atoms with Crippen LogP contribution >= 0.6 is 11.8 Å². The lowest BCUT2D eigenvalue weighted by molar-refractivity contribution is 0.743.